The summed E-state index contributed by atoms with van der Waals surface area (Å²) in [5.41, 5.74) is 1.01. The van der Waals surface area contributed by atoms with Crippen LogP contribution in [-0.2, 0) is 16.4 Å². The van der Waals surface area contributed by atoms with Gasteiger partial charge in [0, 0.05) is 11.6 Å². The molecular weight excluding hydrogens is 322 g/mol. The van der Waals surface area contributed by atoms with Crippen LogP contribution in [0.2, 0.25) is 5.02 Å². The van der Waals surface area contributed by atoms with Crippen molar-refractivity contribution in [3.63, 3.8) is 0 Å². The number of nitrogens with one attached hydrogen (secondary N) is 1. The highest BCUT2D eigenvalue weighted by atomic mass is 35.5. The third-order valence-corrected chi connectivity index (χ3v) is 4.72. The molecule has 0 amide bonds. The molecule has 0 bridgehead atoms. The smallest absolute Gasteiger partial charge is 0.240 e. The fourth-order valence-electron chi connectivity index (χ4n) is 2.00. The molecule has 0 radical (unpaired) electrons. The van der Waals surface area contributed by atoms with Gasteiger partial charge in [-0.3, -0.25) is 0 Å². The first kappa shape index (κ1) is 16.8. The first-order chi connectivity index (χ1) is 10.5. The van der Waals surface area contributed by atoms with Crippen molar-refractivity contribution in [2.24, 2.45) is 0 Å². The summed E-state index contributed by atoms with van der Waals surface area (Å²) in [5, 5.41) is 0.396. The lowest BCUT2D eigenvalue weighted by Crippen LogP contribution is -2.26. The van der Waals surface area contributed by atoms with E-state index in [0.29, 0.717) is 24.6 Å². The monoisotopic (exact) mass is 339 g/mol. The Balaban J connectivity index is 1.97. The first-order valence-corrected chi connectivity index (χ1v) is 8.84. The number of halogens is 1. The van der Waals surface area contributed by atoms with Crippen LogP contribution < -0.4 is 9.46 Å². The van der Waals surface area contributed by atoms with Crippen molar-refractivity contribution >= 4 is 21.6 Å². The summed E-state index contributed by atoms with van der Waals surface area (Å²) in [6.07, 6.45) is 0.584. The lowest BCUT2D eigenvalue weighted by atomic mass is 10.1. The maximum Gasteiger partial charge on any atom is 0.240 e. The number of benzene rings is 2. The summed E-state index contributed by atoms with van der Waals surface area (Å²) in [6.45, 7) is 2.83. The van der Waals surface area contributed by atoms with Crippen LogP contribution in [0.15, 0.2) is 53.4 Å². The Morgan fingerprint density at radius 2 is 1.91 bits per heavy atom. The maximum atomic E-state index is 12.1. The summed E-state index contributed by atoms with van der Waals surface area (Å²) >= 11 is 5.82. The zero-order valence-corrected chi connectivity index (χ0v) is 13.8. The van der Waals surface area contributed by atoms with Crippen LogP contribution in [0.4, 0.5) is 0 Å². The fraction of sp³-hybridized carbons (Fsp3) is 0.250. The van der Waals surface area contributed by atoms with Crippen LogP contribution in [0.1, 0.15) is 12.5 Å². The van der Waals surface area contributed by atoms with E-state index in [9.17, 15) is 8.42 Å². The normalized spacial score (nSPS) is 11.4. The minimum Gasteiger partial charge on any atom is -0.494 e. The second-order valence-corrected chi connectivity index (χ2v) is 6.89. The highest BCUT2D eigenvalue weighted by Gasteiger charge is 2.13. The van der Waals surface area contributed by atoms with Crippen molar-refractivity contribution in [3.8, 4) is 5.75 Å². The van der Waals surface area contributed by atoms with Crippen molar-refractivity contribution in [3.05, 3.63) is 59.1 Å². The van der Waals surface area contributed by atoms with Gasteiger partial charge in [-0.1, -0.05) is 29.8 Å². The zero-order chi connectivity index (χ0) is 16.0. The van der Waals surface area contributed by atoms with Gasteiger partial charge >= 0.3 is 0 Å². The molecule has 0 aliphatic carbocycles. The number of ether oxygens (including phenoxy) is 1. The van der Waals surface area contributed by atoms with Gasteiger partial charge in [-0.25, -0.2) is 13.1 Å². The van der Waals surface area contributed by atoms with Gasteiger partial charge in [-0.15, -0.1) is 0 Å². The third-order valence-electron chi connectivity index (χ3n) is 3.02. The van der Waals surface area contributed by atoms with Crippen LogP contribution >= 0.6 is 11.6 Å². The predicted molar refractivity (Wildman–Crippen MR) is 88.0 cm³/mol. The third kappa shape index (κ3) is 4.73. The molecule has 6 heteroatoms. The molecule has 22 heavy (non-hydrogen) atoms. The highest BCUT2D eigenvalue weighted by Crippen LogP contribution is 2.16. The molecule has 0 unspecified atom stereocenters. The molecule has 0 aliphatic rings. The van der Waals surface area contributed by atoms with Gasteiger partial charge in [-0.2, -0.15) is 0 Å². The van der Waals surface area contributed by atoms with E-state index >= 15 is 0 Å². The second kappa shape index (κ2) is 7.63. The topological polar surface area (TPSA) is 55.4 Å². The number of rotatable bonds is 7. The molecule has 1 N–H and O–H groups in total. The van der Waals surface area contributed by atoms with Gasteiger partial charge < -0.3 is 4.74 Å². The van der Waals surface area contributed by atoms with Crippen LogP contribution in [0.3, 0.4) is 0 Å². The van der Waals surface area contributed by atoms with Crippen LogP contribution in [-0.4, -0.2) is 21.6 Å². The first-order valence-electron chi connectivity index (χ1n) is 6.98. The van der Waals surface area contributed by atoms with Gasteiger partial charge in [0.25, 0.3) is 0 Å². The largest absolute Gasteiger partial charge is 0.494 e. The number of sulfonamides is 1. The van der Waals surface area contributed by atoms with Crippen LogP contribution in [0.25, 0.3) is 0 Å². The Morgan fingerprint density at radius 3 is 2.64 bits per heavy atom. The molecule has 0 aliphatic heterocycles. The van der Waals surface area contributed by atoms with E-state index in [-0.39, 0.29) is 4.90 Å². The lowest BCUT2D eigenvalue weighted by Gasteiger charge is -2.08. The average molecular weight is 340 g/mol. The molecule has 118 valence electrons. The minimum absolute atomic E-state index is 0.170. The molecule has 0 atom stereocenters. The lowest BCUT2D eigenvalue weighted by molar-refractivity contribution is 0.340. The molecule has 0 saturated carbocycles. The van der Waals surface area contributed by atoms with E-state index < -0.39 is 10.0 Å². The summed E-state index contributed by atoms with van der Waals surface area (Å²) in [4.78, 5) is 0.170. The Kier molecular flexibility index (Phi) is 5.83. The number of hydrogen-bond acceptors (Lipinski definition) is 3. The molecule has 0 saturated heterocycles. The van der Waals surface area contributed by atoms with E-state index in [1.165, 1.54) is 12.1 Å². The van der Waals surface area contributed by atoms with Crippen molar-refractivity contribution in [1.82, 2.24) is 4.72 Å². The Hall–Kier alpha value is -1.56. The maximum absolute atomic E-state index is 12.1. The van der Waals surface area contributed by atoms with Gasteiger partial charge in [0.15, 0.2) is 0 Å². The van der Waals surface area contributed by atoms with Crippen molar-refractivity contribution in [2.75, 3.05) is 13.2 Å². The quantitative estimate of drug-likeness (QED) is 0.842. The van der Waals surface area contributed by atoms with E-state index in [0.717, 1.165) is 11.3 Å². The SMILES string of the molecule is CCOc1cccc(CCNS(=O)(=O)c2cccc(Cl)c2)c1. The van der Waals surface area contributed by atoms with Crippen molar-refractivity contribution in [2.45, 2.75) is 18.2 Å². The van der Waals surface area contributed by atoms with Gasteiger partial charge in [0.05, 0.1) is 11.5 Å². The standard InChI is InChI=1S/C16H18ClNO3S/c1-2-21-15-7-3-5-13(11-15)9-10-18-22(19,20)16-8-4-6-14(17)12-16/h3-8,11-12,18H,2,9-10H2,1H3. The van der Waals surface area contributed by atoms with Gasteiger partial charge in [-0.05, 0) is 49.2 Å². The fourth-order valence-corrected chi connectivity index (χ4v) is 3.34. The molecule has 4 nitrogen and oxygen atoms in total. The molecule has 2 aromatic rings. The van der Waals surface area contributed by atoms with Crippen LogP contribution in [0.5, 0.6) is 5.75 Å². The zero-order valence-electron chi connectivity index (χ0n) is 12.3. The molecular formula is C16H18ClNO3S. The Bertz CT molecular complexity index is 732. The van der Waals surface area contributed by atoms with Crippen molar-refractivity contribution < 1.29 is 13.2 Å². The molecule has 0 spiro atoms. The molecule has 0 aromatic heterocycles. The average Bonchev–Trinajstić information content (AvgIpc) is 2.48. The van der Waals surface area contributed by atoms with Gasteiger partial charge in [0.2, 0.25) is 10.0 Å². The summed E-state index contributed by atoms with van der Waals surface area (Å²) < 4.78 is 32.3. The van der Waals surface area contributed by atoms with Crippen molar-refractivity contribution in [1.29, 1.82) is 0 Å². The summed E-state index contributed by atoms with van der Waals surface area (Å²) in [6, 6.07) is 13.8. The van der Waals surface area contributed by atoms with E-state index in [4.69, 9.17) is 16.3 Å². The highest BCUT2D eigenvalue weighted by molar-refractivity contribution is 7.89. The Labute approximate surface area is 136 Å². The summed E-state index contributed by atoms with van der Waals surface area (Å²) in [5.74, 6) is 0.790. The molecule has 0 fully saturated rings. The predicted octanol–water partition coefficient (Wildman–Crippen LogP) is 3.26. The van der Waals surface area contributed by atoms with Gasteiger partial charge in [0.1, 0.15) is 5.75 Å². The second-order valence-electron chi connectivity index (χ2n) is 4.69. The summed E-state index contributed by atoms with van der Waals surface area (Å²) in [7, 11) is -3.54. The Morgan fingerprint density at radius 1 is 1.14 bits per heavy atom. The van der Waals surface area contributed by atoms with Crippen LogP contribution in [0, 0.1) is 0 Å². The molecule has 2 rings (SSSR count). The van der Waals surface area contributed by atoms with E-state index in [1.807, 2.05) is 31.2 Å². The minimum atomic E-state index is -3.54. The molecule has 2 aromatic carbocycles. The number of hydrogen-bond donors (Lipinski definition) is 1. The van der Waals surface area contributed by atoms with E-state index in [1.54, 1.807) is 12.1 Å². The molecule has 0 heterocycles. The van der Waals surface area contributed by atoms with E-state index in [2.05, 4.69) is 4.72 Å².